The highest BCUT2D eigenvalue weighted by Crippen LogP contribution is 2.28. The van der Waals surface area contributed by atoms with E-state index in [-0.39, 0.29) is 0 Å². The summed E-state index contributed by atoms with van der Waals surface area (Å²) in [5, 5.41) is 0. The van der Waals surface area contributed by atoms with Crippen molar-refractivity contribution in [2.24, 2.45) is 0 Å². The third-order valence-corrected chi connectivity index (χ3v) is 8.20. The highest BCUT2D eigenvalue weighted by molar-refractivity contribution is 7.89. The number of aryl methyl sites for hydroxylation is 3. The van der Waals surface area contributed by atoms with E-state index in [1.807, 2.05) is 32.9 Å². The maximum atomic E-state index is 13.1. The lowest BCUT2D eigenvalue weighted by atomic mass is 10.00. The lowest BCUT2D eigenvalue weighted by molar-refractivity contribution is 0.0190. The minimum absolute atomic E-state index is 0.388. The number of ether oxygens (including phenoxy) is 1. The Hall–Kier alpha value is -0.950. The lowest BCUT2D eigenvalue weighted by Gasteiger charge is -2.41. The topological polar surface area (TPSA) is 49.9 Å². The van der Waals surface area contributed by atoms with E-state index in [1.165, 1.54) is 0 Å². The molecule has 0 saturated carbocycles. The van der Waals surface area contributed by atoms with Crippen LogP contribution in [0.3, 0.4) is 0 Å². The van der Waals surface area contributed by atoms with Crippen LogP contribution in [0.1, 0.15) is 42.4 Å². The summed E-state index contributed by atoms with van der Waals surface area (Å²) in [4.78, 5) is 3.00. The predicted octanol–water partition coefficient (Wildman–Crippen LogP) is 2.88. The van der Waals surface area contributed by atoms with Gasteiger partial charge in [-0.3, -0.25) is 0 Å². The molecule has 2 aliphatic heterocycles. The van der Waals surface area contributed by atoms with Crippen LogP contribution in [0.5, 0.6) is 0 Å². The monoisotopic (exact) mass is 380 g/mol. The van der Waals surface area contributed by atoms with Crippen LogP contribution in [0.15, 0.2) is 17.0 Å². The second-order valence-electron chi connectivity index (χ2n) is 7.81. The van der Waals surface area contributed by atoms with Gasteiger partial charge in [0.15, 0.2) is 0 Å². The van der Waals surface area contributed by atoms with Crippen LogP contribution < -0.4 is 0 Å². The molecule has 5 nitrogen and oxygen atoms in total. The Morgan fingerprint density at radius 2 is 1.46 bits per heavy atom. The second kappa shape index (κ2) is 7.97. The van der Waals surface area contributed by atoms with E-state index in [9.17, 15) is 8.42 Å². The first-order valence-electron chi connectivity index (χ1n) is 9.67. The molecule has 2 fully saturated rings. The average Bonchev–Trinajstić information content (AvgIpc) is 2.65. The van der Waals surface area contributed by atoms with Crippen molar-refractivity contribution in [1.29, 1.82) is 0 Å². The largest absolute Gasteiger partial charge is 0.381 e. The summed E-state index contributed by atoms with van der Waals surface area (Å²) < 4.78 is 33.4. The van der Waals surface area contributed by atoms with E-state index in [0.717, 1.165) is 55.5 Å². The summed E-state index contributed by atoms with van der Waals surface area (Å²) in [5.41, 5.74) is 3.02. The molecule has 3 rings (SSSR count). The van der Waals surface area contributed by atoms with Crippen molar-refractivity contribution in [3.63, 3.8) is 0 Å². The maximum absolute atomic E-state index is 13.1. The molecule has 146 valence electrons. The van der Waals surface area contributed by atoms with Gasteiger partial charge in [0.1, 0.15) is 0 Å². The van der Waals surface area contributed by atoms with Gasteiger partial charge in [-0.05, 0) is 69.2 Å². The minimum Gasteiger partial charge on any atom is -0.381 e. The molecule has 1 aromatic carbocycles. The number of benzene rings is 1. The first-order chi connectivity index (χ1) is 12.3. The van der Waals surface area contributed by atoms with Gasteiger partial charge in [0.2, 0.25) is 10.0 Å². The van der Waals surface area contributed by atoms with Gasteiger partial charge < -0.3 is 9.64 Å². The summed E-state index contributed by atoms with van der Waals surface area (Å²) in [5.74, 6) is 0. The van der Waals surface area contributed by atoms with Crippen molar-refractivity contribution in [2.45, 2.75) is 63.5 Å². The van der Waals surface area contributed by atoms with Gasteiger partial charge in [-0.25, -0.2) is 8.42 Å². The molecule has 0 bridgehead atoms. The number of nitrogens with zero attached hydrogens (tertiary/aromatic N) is 2. The standard InChI is InChI=1S/C20H32N2O3S/c1-15-13-17(3)20(14-16(15)2)26(23,24)22-11-5-18(6-12-22)21-9-7-19(25-4)8-10-21/h13-14,18-19H,5-12H2,1-4H3. The van der Waals surface area contributed by atoms with E-state index in [1.54, 1.807) is 11.4 Å². The zero-order valence-electron chi connectivity index (χ0n) is 16.5. The van der Waals surface area contributed by atoms with Crippen LogP contribution in [0.4, 0.5) is 0 Å². The quantitative estimate of drug-likeness (QED) is 0.806. The summed E-state index contributed by atoms with van der Waals surface area (Å²) in [6.07, 6.45) is 4.38. The Morgan fingerprint density at radius 3 is 2.04 bits per heavy atom. The Labute approximate surface area is 158 Å². The molecular weight excluding hydrogens is 348 g/mol. The van der Waals surface area contributed by atoms with Gasteiger partial charge >= 0.3 is 0 Å². The maximum Gasteiger partial charge on any atom is 0.243 e. The molecule has 0 unspecified atom stereocenters. The Morgan fingerprint density at radius 1 is 0.885 bits per heavy atom. The van der Waals surface area contributed by atoms with Gasteiger partial charge in [-0.15, -0.1) is 0 Å². The smallest absolute Gasteiger partial charge is 0.243 e. The van der Waals surface area contributed by atoms with Crippen molar-refractivity contribution < 1.29 is 13.2 Å². The molecule has 0 N–H and O–H groups in total. The number of piperidine rings is 2. The zero-order chi connectivity index (χ0) is 18.9. The number of hydrogen-bond donors (Lipinski definition) is 0. The minimum atomic E-state index is -3.40. The molecule has 0 aliphatic carbocycles. The summed E-state index contributed by atoms with van der Waals surface area (Å²) in [6.45, 7) is 9.25. The van der Waals surface area contributed by atoms with Crippen LogP contribution in [-0.2, 0) is 14.8 Å². The van der Waals surface area contributed by atoms with Gasteiger partial charge in [0.05, 0.1) is 11.0 Å². The normalized spacial score (nSPS) is 22.0. The fourth-order valence-corrected chi connectivity index (χ4v) is 6.04. The molecule has 0 atom stereocenters. The fourth-order valence-electron chi connectivity index (χ4n) is 4.28. The first kappa shape index (κ1) is 19.8. The second-order valence-corrected chi connectivity index (χ2v) is 9.71. The molecule has 26 heavy (non-hydrogen) atoms. The Kier molecular flexibility index (Phi) is 6.07. The van der Waals surface area contributed by atoms with Crippen LogP contribution in [0.25, 0.3) is 0 Å². The molecule has 2 aliphatic rings. The van der Waals surface area contributed by atoms with E-state index in [2.05, 4.69) is 4.90 Å². The van der Waals surface area contributed by atoms with Gasteiger partial charge in [0, 0.05) is 39.3 Å². The number of hydrogen-bond acceptors (Lipinski definition) is 4. The summed E-state index contributed by atoms with van der Waals surface area (Å²) in [6, 6.07) is 4.32. The Balaban J connectivity index is 1.65. The van der Waals surface area contributed by atoms with Crippen molar-refractivity contribution in [3.05, 3.63) is 28.8 Å². The Bertz CT molecular complexity index is 732. The zero-order valence-corrected chi connectivity index (χ0v) is 17.3. The molecule has 0 radical (unpaired) electrons. The molecule has 2 saturated heterocycles. The highest BCUT2D eigenvalue weighted by Gasteiger charge is 2.33. The molecule has 0 aromatic heterocycles. The molecule has 0 spiro atoms. The number of methoxy groups -OCH3 is 1. The van der Waals surface area contributed by atoms with E-state index in [4.69, 9.17) is 4.74 Å². The van der Waals surface area contributed by atoms with E-state index in [0.29, 0.717) is 30.1 Å². The fraction of sp³-hybridized carbons (Fsp3) is 0.700. The van der Waals surface area contributed by atoms with Crippen molar-refractivity contribution in [2.75, 3.05) is 33.3 Å². The van der Waals surface area contributed by atoms with Gasteiger partial charge in [0.25, 0.3) is 0 Å². The van der Waals surface area contributed by atoms with Gasteiger partial charge in [-0.1, -0.05) is 6.07 Å². The number of likely N-dealkylation sites (tertiary alicyclic amines) is 1. The lowest BCUT2D eigenvalue weighted by Crippen LogP contribution is -2.49. The molecule has 0 amide bonds. The summed E-state index contributed by atoms with van der Waals surface area (Å²) in [7, 11) is -1.61. The predicted molar refractivity (Wildman–Crippen MR) is 104 cm³/mol. The molecule has 6 heteroatoms. The average molecular weight is 381 g/mol. The van der Waals surface area contributed by atoms with Crippen LogP contribution >= 0.6 is 0 Å². The van der Waals surface area contributed by atoms with Crippen molar-refractivity contribution in [3.8, 4) is 0 Å². The third kappa shape index (κ3) is 3.98. The van der Waals surface area contributed by atoms with E-state index < -0.39 is 10.0 Å². The van der Waals surface area contributed by atoms with Crippen LogP contribution in [0.2, 0.25) is 0 Å². The molecule has 2 heterocycles. The first-order valence-corrected chi connectivity index (χ1v) is 11.1. The van der Waals surface area contributed by atoms with Crippen LogP contribution in [0, 0.1) is 20.8 Å². The summed E-state index contributed by atoms with van der Waals surface area (Å²) >= 11 is 0. The van der Waals surface area contributed by atoms with Crippen molar-refractivity contribution in [1.82, 2.24) is 9.21 Å². The van der Waals surface area contributed by atoms with E-state index >= 15 is 0 Å². The molecule has 1 aromatic rings. The SMILES string of the molecule is COC1CCN(C2CCN(S(=O)(=O)c3cc(C)c(C)cc3C)CC2)CC1. The van der Waals surface area contributed by atoms with Crippen LogP contribution in [-0.4, -0.2) is 63.1 Å². The third-order valence-electron chi connectivity index (χ3n) is 6.16. The number of rotatable bonds is 4. The highest BCUT2D eigenvalue weighted by atomic mass is 32.2. The van der Waals surface area contributed by atoms with Crippen molar-refractivity contribution >= 4 is 10.0 Å². The number of sulfonamides is 1. The van der Waals surface area contributed by atoms with Gasteiger partial charge in [-0.2, -0.15) is 4.31 Å². The molecular formula is C20H32N2O3S.